The Morgan fingerprint density at radius 3 is 2.58 bits per heavy atom. The average Bonchev–Trinajstić information content (AvgIpc) is 2.80. The molecule has 0 heterocycles. The van der Waals surface area contributed by atoms with Crippen LogP contribution in [0, 0.1) is 18.2 Å². The van der Waals surface area contributed by atoms with Crippen LogP contribution in [0.15, 0.2) is 18.2 Å². The fourth-order valence-electron chi connectivity index (χ4n) is 3.45. The molecule has 19 heavy (non-hydrogen) atoms. The molecular formula is C17H26FN. The number of benzene rings is 1. The van der Waals surface area contributed by atoms with E-state index in [1.807, 2.05) is 13.0 Å². The van der Waals surface area contributed by atoms with Crippen molar-refractivity contribution in [2.75, 3.05) is 6.54 Å². The predicted octanol–water partition coefficient (Wildman–Crippen LogP) is 4.24. The van der Waals surface area contributed by atoms with Gasteiger partial charge in [-0.2, -0.15) is 0 Å². The van der Waals surface area contributed by atoms with Crippen molar-refractivity contribution in [1.82, 2.24) is 5.32 Å². The maximum atomic E-state index is 13.2. The summed E-state index contributed by atoms with van der Waals surface area (Å²) < 4.78 is 13.2. The smallest absolute Gasteiger partial charge is 0.123 e. The van der Waals surface area contributed by atoms with Gasteiger partial charge in [0.2, 0.25) is 0 Å². The summed E-state index contributed by atoms with van der Waals surface area (Å²) in [5, 5.41) is 3.66. The van der Waals surface area contributed by atoms with Crippen LogP contribution in [-0.2, 0) is 6.42 Å². The maximum Gasteiger partial charge on any atom is 0.123 e. The lowest BCUT2D eigenvalue weighted by atomic mass is 9.77. The molecule has 0 aromatic heterocycles. The molecule has 0 bridgehead atoms. The molecule has 2 heteroatoms. The van der Waals surface area contributed by atoms with Gasteiger partial charge in [-0.05, 0) is 61.4 Å². The first kappa shape index (κ1) is 14.5. The summed E-state index contributed by atoms with van der Waals surface area (Å²) in [6, 6.07) is 5.69. The van der Waals surface area contributed by atoms with E-state index in [0.717, 1.165) is 18.5 Å². The minimum Gasteiger partial charge on any atom is -0.313 e. The second-order valence-corrected chi connectivity index (χ2v) is 6.25. The molecule has 0 radical (unpaired) electrons. The number of likely N-dealkylation sites (N-methyl/N-ethyl adjacent to an activating group) is 1. The first-order valence-electron chi connectivity index (χ1n) is 7.53. The highest BCUT2D eigenvalue weighted by atomic mass is 19.1. The third-order valence-corrected chi connectivity index (χ3v) is 4.77. The molecule has 0 saturated heterocycles. The summed E-state index contributed by atoms with van der Waals surface area (Å²) in [6.07, 6.45) is 6.33. The molecule has 1 aromatic rings. The highest BCUT2D eigenvalue weighted by molar-refractivity contribution is 5.27. The Labute approximate surface area is 116 Å². The van der Waals surface area contributed by atoms with Crippen molar-refractivity contribution < 1.29 is 4.39 Å². The van der Waals surface area contributed by atoms with Gasteiger partial charge in [0, 0.05) is 6.04 Å². The molecule has 1 aliphatic carbocycles. The van der Waals surface area contributed by atoms with E-state index in [2.05, 4.69) is 19.2 Å². The van der Waals surface area contributed by atoms with Gasteiger partial charge < -0.3 is 5.32 Å². The van der Waals surface area contributed by atoms with E-state index in [4.69, 9.17) is 0 Å². The Morgan fingerprint density at radius 2 is 2.00 bits per heavy atom. The molecule has 0 spiro atoms. The molecule has 0 amide bonds. The number of aryl methyl sites for hydroxylation is 1. The second kappa shape index (κ2) is 6.04. The quantitative estimate of drug-likeness (QED) is 0.838. The first-order chi connectivity index (χ1) is 9.05. The van der Waals surface area contributed by atoms with Gasteiger partial charge in [-0.15, -0.1) is 0 Å². The van der Waals surface area contributed by atoms with Crippen molar-refractivity contribution in [3.63, 3.8) is 0 Å². The molecule has 1 atom stereocenters. The third-order valence-electron chi connectivity index (χ3n) is 4.77. The molecule has 1 fully saturated rings. The van der Waals surface area contributed by atoms with Crippen LogP contribution in [-0.4, -0.2) is 12.6 Å². The topological polar surface area (TPSA) is 12.0 Å². The lowest BCUT2D eigenvalue weighted by Gasteiger charge is -2.35. The van der Waals surface area contributed by atoms with Crippen molar-refractivity contribution in [2.24, 2.45) is 5.41 Å². The fraction of sp³-hybridized carbons (Fsp3) is 0.647. The van der Waals surface area contributed by atoms with E-state index in [-0.39, 0.29) is 5.82 Å². The number of hydrogen-bond acceptors (Lipinski definition) is 1. The van der Waals surface area contributed by atoms with Crippen LogP contribution in [0.3, 0.4) is 0 Å². The molecule has 1 nitrogen and oxygen atoms in total. The summed E-state index contributed by atoms with van der Waals surface area (Å²) in [6.45, 7) is 7.59. The maximum absolute atomic E-state index is 13.2. The van der Waals surface area contributed by atoms with Gasteiger partial charge in [0.1, 0.15) is 5.82 Å². The second-order valence-electron chi connectivity index (χ2n) is 6.25. The first-order valence-corrected chi connectivity index (χ1v) is 7.53. The van der Waals surface area contributed by atoms with Gasteiger partial charge in [0.25, 0.3) is 0 Å². The monoisotopic (exact) mass is 263 g/mol. The van der Waals surface area contributed by atoms with Crippen LogP contribution in [0.5, 0.6) is 0 Å². The van der Waals surface area contributed by atoms with Crippen LogP contribution in [0.1, 0.15) is 50.7 Å². The molecule has 1 saturated carbocycles. The fourth-order valence-corrected chi connectivity index (χ4v) is 3.45. The van der Waals surface area contributed by atoms with E-state index in [1.165, 1.54) is 31.2 Å². The zero-order chi connectivity index (χ0) is 13.9. The Hall–Kier alpha value is -0.890. The number of nitrogens with one attached hydrogen (secondary N) is 1. The van der Waals surface area contributed by atoms with Crippen LogP contribution < -0.4 is 5.32 Å². The van der Waals surface area contributed by atoms with Crippen LogP contribution >= 0.6 is 0 Å². The highest BCUT2D eigenvalue weighted by Crippen LogP contribution is 2.41. The van der Waals surface area contributed by atoms with Gasteiger partial charge >= 0.3 is 0 Å². The lowest BCUT2D eigenvalue weighted by molar-refractivity contribution is 0.222. The van der Waals surface area contributed by atoms with Crippen LogP contribution in [0.25, 0.3) is 0 Å². The molecule has 0 aliphatic heterocycles. The third kappa shape index (κ3) is 3.36. The van der Waals surface area contributed by atoms with Crippen LogP contribution in [0.4, 0.5) is 4.39 Å². The molecule has 106 valence electrons. The van der Waals surface area contributed by atoms with E-state index in [0.29, 0.717) is 11.5 Å². The van der Waals surface area contributed by atoms with Crippen molar-refractivity contribution >= 4 is 0 Å². The molecule has 1 unspecified atom stereocenters. The summed E-state index contributed by atoms with van der Waals surface area (Å²) in [5.74, 6) is -0.131. The van der Waals surface area contributed by atoms with Gasteiger partial charge in [-0.1, -0.05) is 32.8 Å². The SMILES string of the molecule is CCNC(Cc1ccc(F)cc1C)C1(C)CCCC1. The minimum absolute atomic E-state index is 0.131. The van der Waals surface area contributed by atoms with Crippen molar-refractivity contribution in [3.05, 3.63) is 35.1 Å². The van der Waals surface area contributed by atoms with Crippen LogP contribution in [0.2, 0.25) is 0 Å². The van der Waals surface area contributed by atoms with Gasteiger partial charge in [0.15, 0.2) is 0 Å². The Bertz CT molecular complexity index is 421. The summed E-state index contributed by atoms with van der Waals surface area (Å²) >= 11 is 0. The van der Waals surface area contributed by atoms with Gasteiger partial charge in [-0.3, -0.25) is 0 Å². The average molecular weight is 263 g/mol. The summed E-state index contributed by atoms with van der Waals surface area (Å²) in [5.41, 5.74) is 2.75. The van der Waals surface area contributed by atoms with E-state index >= 15 is 0 Å². The number of halogens is 1. The number of rotatable bonds is 5. The Morgan fingerprint density at radius 1 is 1.32 bits per heavy atom. The normalized spacial score (nSPS) is 19.6. The summed E-state index contributed by atoms with van der Waals surface area (Å²) in [7, 11) is 0. The molecule has 1 aromatic carbocycles. The zero-order valence-electron chi connectivity index (χ0n) is 12.4. The van der Waals surface area contributed by atoms with Gasteiger partial charge in [0.05, 0.1) is 0 Å². The standard InChI is InChI=1S/C17H26FN/c1-4-19-16(17(3)9-5-6-10-17)12-14-7-8-15(18)11-13(14)2/h7-8,11,16,19H,4-6,9-10,12H2,1-3H3. The van der Waals surface area contributed by atoms with Gasteiger partial charge in [-0.25, -0.2) is 4.39 Å². The van der Waals surface area contributed by atoms with E-state index in [9.17, 15) is 4.39 Å². The lowest BCUT2D eigenvalue weighted by Crippen LogP contribution is -2.43. The molecule has 1 aliphatic rings. The highest BCUT2D eigenvalue weighted by Gasteiger charge is 2.36. The minimum atomic E-state index is -0.131. The van der Waals surface area contributed by atoms with Crippen molar-refractivity contribution in [2.45, 2.75) is 58.9 Å². The zero-order valence-corrected chi connectivity index (χ0v) is 12.4. The predicted molar refractivity (Wildman–Crippen MR) is 78.9 cm³/mol. The van der Waals surface area contributed by atoms with E-state index in [1.54, 1.807) is 12.1 Å². The number of hydrogen-bond donors (Lipinski definition) is 1. The Balaban J connectivity index is 2.16. The summed E-state index contributed by atoms with van der Waals surface area (Å²) in [4.78, 5) is 0. The molecule has 1 N–H and O–H groups in total. The van der Waals surface area contributed by atoms with Crippen molar-refractivity contribution in [3.8, 4) is 0 Å². The molecular weight excluding hydrogens is 237 g/mol. The molecule has 2 rings (SSSR count). The van der Waals surface area contributed by atoms with Crippen molar-refractivity contribution in [1.29, 1.82) is 0 Å². The Kier molecular flexibility index (Phi) is 4.62. The van der Waals surface area contributed by atoms with E-state index < -0.39 is 0 Å². The largest absolute Gasteiger partial charge is 0.313 e.